The number of morpholine rings is 1. The summed E-state index contributed by atoms with van der Waals surface area (Å²) in [4.78, 5) is 24.6. The lowest BCUT2D eigenvalue weighted by Crippen LogP contribution is -2.55. The molecule has 2 amide bonds. The number of hydrogen-bond acceptors (Lipinski definition) is 4. The molecule has 1 saturated heterocycles. The van der Waals surface area contributed by atoms with E-state index in [1.165, 1.54) is 0 Å². The maximum atomic E-state index is 12.1. The average Bonchev–Trinajstić information content (AvgIpc) is 2.36. The largest absolute Gasteiger partial charge is 0.367 e. The number of amides is 2. The molecule has 0 aromatic carbocycles. The van der Waals surface area contributed by atoms with Gasteiger partial charge in [0.25, 0.3) is 0 Å². The van der Waals surface area contributed by atoms with E-state index in [1.54, 1.807) is 4.90 Å². The van der Waals surface area contributed by atoms with E-state index in [0.29, 0.717) is 13.2 Å². The third-order valence-corrected chi connectivity index (χ3v) is 3.24. The van der Waals surface area contributed by atoms with Crippen LogP contribution < -0.4 is 11.5 Å². The molecule has 1 heterocycles. The van der Waals surface area contributed by atoms with Gasteiger partial charge in [0.05, 0.1) is 19.2 Å². The van der Waals surface area contributed by atoms with Gasteiger partial charge in [-0.3, -0.25) is 9.59 Å². The molecule has 0 spiro atoms. The Labute approximate surface area is 101 Å². The number of nitrogens with zero attached hydrogens (tertiary/aromatic N) is 1. The fraction of sp³-hybridized carbons (Fsp3) is 0.818. The minimum Gasteiger partial charge on any atom is -0.367 e. The van der Waals surface area contributed by atoms with E-state index in [9.17, 15) is 9.59 Å². The minimum absolute atomic E-state index is 0.123. The van der Waals surface area contributed by atoms with Crippen molar-refractivity contribution in [3.05, 3.63) is 0 Å². The van der Waals surface area contributed by atoms with Crippen molar-refractivity contribution < 1.29 is 14.3 Å². The molecule has 3 atom stereocenters. The first-order chi connectivity index (χ1) is 7.97. The summed E-state index contributed by atoms with van der Waals surface area (Å²) in [5.41, 5.74) is 11.0. The van der Waals surface area contributed by atoms with Crippen LogP contribution in [0.3, 0.4) is 0 Å². The SMILES string of the molecule is CC[C@H](C)[C@H](N)C(=O)N1CCO[C@H](C(N)=O)C1. The van der Waals surface area contributed by atoms with Gasteiger partial charge >= 0.3 is 0 Å². The number of primary amides is 1. The number of hydrogen-bond donors (Lipinski definition) is 2. The van der Waals surface area contributed by atoms with Gasteiger partial charge in [-0.1, -0.05) is 20.3 Å². The van der Waals surface area contributed by atoms with Crippen LogP contribution in [0, 0.1) is 5.92 Å². The van der Waals surface area contributed by atoms with Crippen molar-refractivity contribution in [3.63, 3.8) is 0 Å². The Morgan fingerprint density at radius 1 is 1.53 bits per heavy atom. The molecule has 0 aromatic heterocycles. The number of nitrogens with two attached hydrogens (primary N) is 2. The Morgan fingerprint density at radius 2 is 2.18 bits per heavy atom. The fourth-order valence-corrected chi connectivity index (χ4v) is 1.73. The Balaban J connectivity index is 2.60. The highest BCUT2D eigenvalue weighted by molar-refractivity contribution is 5.84. The van der Waals surface area contributed by atoms with Gasteiger partial charge in [-0.2, -0.15) is 0 Å². The first-order valence-electron chi connectivity index (χ1n) is 5.92. The lowest BCUT2D eigenvalue weighted by molar-refractivity contribution is -0.147. The van der Waals surface area contributed by atoms with Crippen LogP contribution in [0.25, 0.3) is 0 Å². The second-order valence-electron chi connectivity index (χ2n) is 4.46. The molecule has 1 rings (SSSR count). The molecule has 0 radical (unpaired) electrons. The monoisotopic (exact) mass is 243 g/mol. The van der Waals surface area contributed by atoms with Crippen LogP contribution in [-0.2, 0) is 14.3 Å². The van der Waals surface area contributed by atoms with Gasteiger partial charge in [0.1, 0.15) is 0 Å². The Kier molecular flexibility index (Phi) is 4.89. The molecule has 6 nitrogen and oxygen atoms in total. The van der Waals surface area contributed by atoms with Crippen LogP contribution in [0.2, 0.25) is 0 Å². The van der Waals surface area contributed by atoms with Gasteiger partial charge in [0, 0.05) is 6.54 Å². The highest BCUT2D eigenvalue weighted by Gasteiger charge is 2.31. The molecule has 0 aliphatic carbocycles. The minimum atomic E-state index is -0.711. The summed E-state index contributed by atoms with van der Waals surface area (Å²) >= 11 is 0. The predicted molar refractivity (Wildman–Crippen MR) is 62.9 cm³/mol. The summed E-state index contributed by atoms with van der Waals surface area (Å²) in [5, 5.41) is 0. The van der Waals surface area contributed by atoms with Crippen LogP contribution in [-0.4, -0.2) is 48.6 Å². The molecular weight excluding hydrogens is 222 g/mol. The van der Waals surface area contributed by atoms with E-state index < -0.39 is 18.1 Å². The smallest absolute Gasteiger partial charge is 0.248 e. The summed E-state index contributed by atoms with van der Waals surface area (Å²) in [5.74, 6) is -0.550. The second kappa shape index (κ2) is 5.97. The predicted octanol–water partition coefficient (Wildman–Crippen LogP) is -0.927. The van der Waals surface area contributed by atoms with Gasteiger partial charge in [-0.25, -0.2) is 0 Å². The lowest BCUT2D eigenvalue weighted by Gasteiger charge is -2.34. The molecular formula is C11H21N3O3. The highest BCUT2D eigenvalue weighted by atomic mass is 16.5. The third-order valence-electron chi connectivity index (χ3n) is 3.24. The second-order valence-corrected chi connectivity index (χ2v) is 4.46. The maximum Gasteiger partial charge on any atom is 0.248 e. The molecule has 98 valence electrons. The summed E-state index contributed by atoms with van der Waals surface area (Å²) in [7, 11) is 0. The quantitative estimate of drug-likeness (QED) is 0.666. The van der Waals surface area contributed by atoms with Crippen LogP contribution in [0.4, 0.5) is 0 Å². The number of carbonyl (C=O) groups excluding carboxylic acids is 2. The molecule has 0 bridgehead atoms. The third kappa shape index (κ3) is 3.41. The number of rotatable bonds is 4. The Bertz CT molecular complexity index is 296. The zero-order valence-corrected chi connectivity index (χ0v) is 10.4. The van der Waals surface area contributed by atoms with E-state index >= 15 is 0 Å². The van der Waals surface area contributed by atoms with E-state index in [-0.39, 0.29) is 18.4 Å². The van der Waals surface area contributed by atoms with Crippen molar-refractivity contribution in [2.45, 2.75) is 32.4 Å². The summed E-state index contributed by atoms with van der Waals surface area (Å²) in [6, 6.07) is -0.522. The van der Waals surface area contributed by atoms with E-state index in [1.807, 2.05) is 13.8 Å². The molecule has 4 N–H and O–H groups in total. The number of carbonyl (C=O) groups is 2. The van der Waals surface area contributed by atoms with Crippen LogP contribution in [0.1, 0.15) is 20.3 Å². The standard InChI is InChI=1S/C11H21N3O3/c1-3-7(2)9(12)11(16)14-4-5-17-8(6-14)10(13)15/h7-9H,3-6,12H2,1-2H3,(H2,13,15)/t7-,8-,9-/m0/s1. The topological polar surface area (TPSA) is 98.7 Å². The first kappa shape index (κ1) is 13.9. The zero-order chi connectivity index (χ0) is 13.0. The van der Waals surface area contributed by atoms with Crippen molar-refractivity contribution >= 4 is 11.8 Å². The van der Waals surface area contributed by atoms with Crippen molar-refractivity contribution in [2.75, 3.05) is 19.7 Å². The molecule has 1 aliphatic rings. The van der Waals surface area contributed by atoms with Crippen LogP contribution in [0.5, 0.6) is 0 Å². The maximum absolute atomic E-state index is 12.1. The van der Waals surface area contributed by atoms with Gasteiger partial charge in [-0.05, 0) is 5.92 Å². The summed E-state index contributed by atoms with van der Waals surface area (Å²) in [6.45, 7) is 4.93. The van der Waals surface area contributed by atoms with E-state index in [0.717, 1.165) is 6.42 Å². The van der Waals surface area contributed by atoms with E-state index in [4.69, 9.17) is 16.2 Å². The van der Waals surface area contributed by atoms with Crippen molar-refractivity contribution in [1.82, 2.24) is 4.90 Å². The molecule has 6 heteroatoms. The van der Waals surface area contributed by atoms with Gasteiger partial charge in [0.15, 0.2) is 6.10 Å². The average molecular weight is 243 g/mol. The van der Waals surface area contributed by atoms with Crippen molar-refractivity contribution in [2.24, 2.45) is 17.4 Å². The highest BCUT2D eigenvalue weighted by Crippen LogP contribution is 2.12. The lowest BCUT2D eigenvalue weighted by atomic mass is 9.98. The molecule has 1 aliphatic heterocycles. The molecule has 17 heavy (non-hydrogen) atoms. The Hall–Kier alpha value is -1.14. The summed E-state index contributed by atoms with van der Waals surface area (Å²) in [6.07, 6.45) is 0.132. The first-order valence-corrected chi connectivity index (χ1v) is 5.92. The van der Waals surface area contributed by atoms with E-state index in [2.05, 4.69) is 0 Å². The molecule has 0 aromatic rings. The van der Waals surface area contributed by atoms with Gasteiger partial charge in [0.2, 0.25) is 11.8 Å². The molecule has 1 fully saturated rings. The van der Waals surface area contributed by atoms with Crippen molar-refractivity contribution in [1.29, 1.82) is 0 Å². The van der Waals surface area contributed by atoms with Crippen LogP contribution >= 0.6 is 0 Å². The zero-order valence-electron chi connectivity index (χ0n) is 10.4. The normalized spacial score (nSPS) is 24.2. The van der Waals surface area contributed by atoms with Crippen molar-refractivity contribution in [3.8, 4) is 0 Å². The fourth-order valence-electron chi connectivity index (χ4n) is 1.73. The summed E-state index contributed by atoms with van der Waals surface area (Å²) < 4.78 is 5.18. The van der Waals surface area contributed by atoms with Crippen LogP contribution in [0.15, 0.2) is 0 Å². The number of ether oxygens (including phenoxy) is 1. The van der Waals surface area contributed by atoms with Gasteiger partial charge < -0.3 is 21.1 Å². The Morgan fingerprint density at radius 3 is 2.71 bits per heavy atom. The van der Waals surface area contributed by atoms with Gasteiger partial charge in [-0.15, -0.1) is 0 Å². The molecule has 0 saturated carbocycles. The molecule has 0 unspecified atom stereocenters.